The number of nitro benzene ring substituents is 1. The van der Waals surface area contributed by atoms with Gasteiger partial charge >= 0.3 is 6.36 Å². The molecule has 33 heavy (non-hydrogen) atoms. The Morgan fingerprint density at radius 1 is 1.21 bits per heavy atom. The Morgan fingerprint density at radius 3 is 2.64 bits per heavy atom. The molecule has 1 amide bonds. The first-order chi connectivity index (χ1) is 15.5. The Kier molecular flexibility index (Phi) is 7.29. The van der Waals surface area contributed by atoms with Crippen molar-refractivity contribution in [1.29, 1.82) is 0 Å². The summed E-state index contributed by atoms with van der Waals surface area (Å²) in [4.78, 5) is 31.0. The number of nitrogens with zero attached hydrogens (tertiary/aromatic N) is 4. The molecule has 0 aliphatic carbocycles. The van der Waals surface area contributed by atoms with Gasteiger partial charge in [-0.05, 0) is 37.9 Å². The third kappa shape index (κ3) is 6.73. The number of amides is 1. The molecule has 2 aromatic carbocycles. The molecule has 0 spiro atoms. The third-order valence-corrected chi connectivity index (χ3v) is 5.39. The van der Waals surface area contributed by atoms with Crippen LogP contribution < -0.4 is 9.64 Å². The highest BCUT2D eigenvalue weighted by molar-refractivity contribution is 7.22. The molecule has 0 aliphatic heterocycles. The molecule has 0 bridgehead atoms. The first-order valence-electron chi connectivity index (χ1n) is 9.57. The van der Waals surface area contributed by atoms with Crippen LogP contribution in [0.1, 0.15) is 5.56 Å². The Morgan fingerprint density at radius 2 is 1.97 bits per heavy atom. The number of thiazole rings is 1. The molecule has 174 valence electrons. The Hall–Kier alpha value is -3.51. The maximum atomic E-state index is 13.0. The van der Waals surface area contributed by atoms with E-state index in [-0.39, 0.29) is 18.0 Å². The first kappa shape index (κ1) is 24.1. The summed E-state index contributed by atoms with van der Waals surface area (Å²) in [6, 6.07) is 9.60. The van der Waals surface area contributed by atoms with Crippen molar-refractivity contribution in [2.45, 2.75) is 6.36 Å². The third-order valence-electron chi connectivity index (χ3n) is 4.35. The molecular formula is C21H19F3N4O4S. The second-order valence-corrected chi connectivity index (χ2v) is 8.16. The number of halogens is 3. The number of fused-ring (bicyclic) bond motifs is 1. The quantitative estimate of drug-likeness (QED) is 0.264. The van der Waals surface area contributed by atoms with E-state index in [0.29, 0.717) is 27.5 Å². The lowest BCUT2D eigenvalue weighted by Crippen LogP contribution is -2.35. The van der Waals surface area contributed by atoms with Gasteiger partial charge in [-0.1, -0.05) is 23.5 Å². The average molecular weight is 480 g/mol. The first-order valence-corrected chi connectivity index (χ1v) is 10.4. The van der Waals surface area contributed by atoms with E-state index in [4.69, 9.17) is 0 Å². The summed E-state index contributed by atoms with van der Waals surface area (Å²) in [7, 11) is 3.67. The number of nitro groups is 1. The average Bonchev–Trinajstić information content (AvgIpc) is 3.14. The van der Waals surface area contributed by atoms with Crippen molar-refractivity contribution in [2.24, 2.45) is 0 Å². The number of carbonyl (C=O) groups excluding carboxylic acids is 1. The van der Waals surface area contributed by atoms with E-state index in [1.807, 2.05) is 19.0 Å². The van der Waals surface area contributed by atoms with Crippen LogP contribution in [-0.2, 0) is 4.79 Å². The van der Waals surface area contributed by atoms with Crippen LogP contribution >= 0.6 is 11.3 Å². The van der Waals surface area contributed by atoms with Crippen molar-refractivity contribution in [2.75, 3.05) is 32.1 Å². The van der Waals surface area contributed by atoms with Crippen molar-refractivity contribution in [1.82, 2.24) is 9.88 Å². The number of rotatable bonds is 8. The van der Waals surface area contributed by atoms with Crippen molar-refractivity contribution >= 4 is 44.4 Å². The van der Waals surface area contributed by atoms with Gasteiger partial charge in [0.15, 0.2) is 5.13 Å². The van der Waals surface area contributed by atoms with Crippen molar-refractivity contribution in [3.05, 3.63) is 64.2 Å². The number of alkyl halides is 3. The Balaban J connectivity index is 1.88. The van der Waals surface area contributed by atoms with Gasteiger partial charge in [-0.2, -0.15) is 0 Å². The van der Waals surface area contributed by atoms with E-state index in [0.717, 1.165) is 17.4 Å². The van der Waals surface area contributed by atoms with Gasteiger partial charge in [0.2, 0.25) is 0 Å². The molecule has 1 aromatic heterocycles. The summed E-state index contributed by atoms with van der Waals surface area (Å²) in [6.45, 7) is 0.783. The fourth-order valence-corrected chi connectivity index (χ4v) is 3.83. The fraction of sp³-hybridized carbons (Fsp3) is 0.238. The highest BCUT2D eigenvalue weighted by atomic mass is 32.1. The van der Waals surface area contributed by atoms with E-state index in [9.17, 15) is 28.1 Å². The molecule has 0 aliphatic rings. The second-order valence-electron chi connectivity index (χ2n) is 7.15. The fourth-order valence-electron chi connectivity index (χ4n) is 2.80. The van der Waals surface area contributed by atoms with Gasteiger partial charge in [-0.15, -0.1) is 13.2 Å². The molecule has 8 nitrogen and oxygen atoms in total. The number of benzene rings is 2. The highest BCUT2D eigenvalue weighted by Gasteiger charge is 2.31. The van der Waals surface area contributed by atoms with Crippen LogP contribution in [0.5, 0.6) is 5.75 Å². The van der Waals surface area contributed by atoms with E-state index < -0.39 is 17.2 Å². The number of ether oxygens (including phenoxy) is 1. The number of anilines is 1. The van der Waals surface area contributed by atoms with Crippen LogP contribution in [0.2, 0.25) is 0 Å². The zero-order chi connectivity index (χ0) is 24.2. The van der Waals surface area contributed by atoms with Crippen LogP contribution in [-0.4, -0.2) is 54.3 Å². The minimum absolute atomic E-state index is 0.0999. The van der Waals surface area contributed by atoms with Crippen molar-refractivity contribution < 1.29 is 27.6 Å². The maximum absolute atomic E-state index is 13.0. The standard InChI is InChI=1S/C21H19F3N4O4S/c1-26(2)10-11-27(19(29)9-6-14-4-3-5-15(12-14)28(30)31)20-25-17-8-7-16(13-18(17)33-20)32-21(22,23)24/h3-9,12-13H,10-11H2,1-2H3. The molecule has 3 aromatic rings. The van der Waals surface area contributed by atoms with Gasteiger partial charge in [0, 0.05) is 37.4 Å². The molecule has 0 fully saturated rings. The minimum Gasteiger partial charge on any atom is -0.406 e. The zero-order valence-electron chi connectivity index (χ0n) is 17.6. The molecule has 0 radical (unpaired) electrons. The molecule has 0 atom stereocenters. The van der Waals surface area contributed by atoms with Gasteiger partial charge in [0.05, 0.1) is 15.1 Å². The zero-order valence-corrected chi connectivity index (χ0v) is 18.4. The number of likely N-dealkylation sites (N-methyl/N-ethyl adjacent to an activating group) is 1. The molecule has 0 N–H and O–H groups in total. The lowest BCUT2D eigenvalue weighted by atomic mass is 10.2. The number of carbonyl (C=O) groups is 1. The highest BCUT2D eigenvalue weighted by Crippen LogP contribution is 2.33. The van der Waals surface area contributed by atoms with Crippen LogP contribution in [0.4, 0.5) is 24.0 Å². The van der Waals surface area contributed by atoms with Crippen molar-refractivity contribution in [3.63, 3.8) is 0 Å². The van der Waals surface area contributed by atoms with Gasteiger partial charge in [0.1, 0.15) is 5.75 Å². The topological polar surface area (TPSA) is 88.8 Å². The Bertz CT molecular complexity index is 1190. The monoisotopic (exact) mass is 480 g/mol. The molecule has 3 rings (SSSR count). The maximum Gasteiger partial charge on any atom is 0.573 e. The summed E-state index contributed by atoms with van der Waals surface area (Å²) in [5.74, 6) is -0.795. The molecule has 0 saturated heterocycles. The second kappa shape index (κ2) is 9.96. The van der Waals surface area contributed by atoms with E-state index in [1.165, 1.54) is 47.4 Å². The van der Waals surface area contributed by atoms with Crippen LogP contribution in [0.15, 0.2) is 48.5 Å². The number of hydrogen-bond acceptors (Lipinski definition) is 7. The normalized spacial score (nSPS) is 11.9. The van der Waals surface area contributed by atoms with Gasteiger partial charge in [-0.3, -0.25) is 19.8 Å². The number of hydrogen-bond donors (Lipinski definition) is 0. The van der Waals surface area contributed by atoms with E-state index in [2.05, 4.69) is 9.72 Å². The predicted molar refractivity (Wildman–Crippen MR) is 119 cm³/mol. The summed E-state index contributed by atoms with van der Waals surface area (Å²) in [5.41, 5.74) is 0.801. The lowest BCUT2D eigenvalue weighted by Gasteiger charge is -2.20. The minimum atomic E-state index is -4.81. The lowest BCUT2D eigenvalue weighted by molar-refractivity contribution is -0.384. The van der Waals surface area contributed by atoms with Gasteiger partial charge in [-0.25, -0.2) is 4.98 Å². The molecule has 0 unspecified atom stereocenters. The van der Waals surface area contributed by atoms with Crippen LogP contribution in [0.3, 0.4) is 0 Å². The van der Waals surface area contributed by atoms with Crippen LogP contribution in [0, 0.1) is 10.1 Å². The number of non-ortho nitro benzene ring substituents is 1. The molecular weight excluding hydrogens is 461 g/mol. The molecule has 12 heteroatoms. The largest absolute Gasteiger partial charge is 0.573 e. The van der Waals surface area contributed by atoms with Crippen molar-refractivity contribution in [3.8, 4) is 5.75 Å². The summed E-state index contributed by atoms with van der Waals surface area (Å²) in [5, 5.41) is 11.3. The summed E-state index contributed by atoms with van der Waals surface area (Å²) >= 11 is 1.06. The predicted octanol–water partition coefficient (Wildman–Crippen LogP) is 4.71. The molecule has 0 saturated carbocycles. The summed E-state index contributed by atoms with van der Waals surface area (Å²) in [6.07, 6.45) is -2.08. The van der Waals surface area contributed by atoms with Crippen LogP contribution in [0.25, 0.3) is 16.3 Å². The molecule has 1 heterocycles. The number of aromatic nitrogens is 1. The summed E-state index contributed by atoms with van der Waals surface area (Å²) < 4.78 is 41.9. The Labute approximate surface area is 190 Å². The van der Waals surface area contributed by atoms with Gasteiger partial charge < -0.3 is 9.64 Å². The SMILES string of the molecule is CN(C)CCN(C(=O)C=Cc1cccc([N+](=O)[O-])c1)c1nc2ccc(OC(F)(F)F)cc2s1. The smallest absolute Gasteiger partial charge is 0.406 e. The van der Waals surface area contributed by atoms with E-state index >= 15 is 0 Å². The van der Waals surface area contributed by atoms with Gasteiger partial charge in [0.25, 0.3) is 11.6 Å². The van der Waals surface area contributed by atoms with E-state index in [1.54, 1.807) is 6.07 Å².